The lowest BCUT2D eigenvalue weighted by molar-refractivity contribution is -0.121. The van der Waals surface area contributed by atoms with Crippen molar-refractivity contribution < 1.29 is 26.2 Å². The first-order chi connectivity index (χ1) is 16.4. The van der Waals surface area contributed by atoms with E-state index in [-0.39, 0.29) is 42.0 Å². The van der Waals surface area contributed by atoms with Crippen LogP contribution in [-0.4, -0.2) is 55.9 Å². The molecule has 0 heterocycles. The lowest BCUT2D eigenvalue weighted by Crippen LogP contribution is -2.45. The maximum absolute atomic E-state index is 13.1. The van der Waals surface area contributed by atoms with Crippen molar-refractivity contribution in [1.82, 2.24) is 0 Å². The molecular weight excluding hydrogens is 509 g/mol. The van der Waals surface area contributed by atoms with E-state index in [1.165, 1.54) is 6.42 Å². The zero-order valence-electron chi connectivity index (χ0n) is 24.7. The van der Waals surface area contributed by atoms with Gasteiger partial charge in [0, 0.05) is 12.3 Å². The Morgan fingerprint density at radius 2 is 1.67 bits per heavy atom. The number of Topliss-reactive ketones (excluding diaryl/α,β-unsaturated/α-hetero) is 1. The minimum atomic E-state index is -3.64. The van der Waals surface area contributed by atoms with Crippen molar-refractivity contribution in [2.75, 3.05) is 12.9 Å². The molecule has 0 radical (unpaired) electrons. The van der Waals surface area contributed by atoms with Gasteiger partial charge in [-0.3, -0.25) is 8.98 Å². The van der Waals surface area contributed by atoms with Gasteiger partial charge in [0.05, 0.1) is 31.0 Å². The van der Waals surface area contributed by atoms with E-state index in [0.29, 0.717) is 0 Å². The van der Waals surface area contributed by atoms with Crippen LogP contribution in [0, 0.1) is 11.8 Å². The van der Waals surface area contributed by atoms with Crippen molar-refractivity contribution in [3.63, 3.8) is 0 Å². The molecule has 36 heavy (non-hydrogen) atoms. The molecule has 0 aromatic heterocycles. The van der Waals surface area contributed by atoms with Gasteiger partial charge in [-0.05, 0) is 43.7 Å². The van der Waals surface area contributed by atoms with Gasteiger partial charge >= 0.3 is 0 Å². The number of rotatable bonds is 16. The molecule has 6 nitrogen and oxygen atoms in total. The molecule has 1 aliphatic carbocycles. The zero-order valence-corrected chi connectivity index (χ0v) is 27.5. The molecule has 1 saturated carbocycles. The SMILES string of the molecule is CCCCC[C@@H](C=C[C@H]1[C@H](O[Si](C)(C)C(C)(C)C)CC(=O)[C@@H]1COS(C)(=O)=O)O[Si](C)(C)CCCC. The Hall–Kier alpha value is -0.326. The van der Waals surface area contributed by atoms with Crippen LogP contribution >= 0.6 is 0 Å². The van der Waals surface area contributed by atoms with E-state index in [1.807, 2.05) is 0 Å². The molecule has 212 valence electrons. The third-order valence-corrected chi connectivity index (χ3v) is 15.2. The monoisotopic (exact) mass is 562 g/mol. The lowest BCUT2D eigenvalue weighted by Gasteiger charge is -2.39. The molecule has 0 unspecified atom stereocenters. The van der Waals surface area contributed by atoms with Crippen molar-refractivity contribution in [2.24, 2.45) is 11.8 Å². The van der Waals surface area contributed by atoms with Crippen LogP contribution in [0.5, 0.6) is 0 Å². The van der Waals surface area contributed by atoms with E-state index in [0.717, 1.165) is 44.4 Å². The lowest BCUT2D eigenvalue weighted by atomic mass is 9.94. The van der Waals surface area contributed by atoms with Gasteiger partial charge in [-0.1, -0.05) is 78.9 Å². The number of unbranched alkanes of at least 4 members (excludes halogenated alkanes) is 3. The Bertz CT molecular complexity index is 817. The minimum Gasteiger partial charge on any atom is -0.413 e. The van der Waals surface area contributed by atoms with Crippen molar-refractivity contribution in [1.29, 1.82) is 0 Å². The summed E-state index contributed by atoms with van der Waals surface area (Å²) < 4.78 is 42.0. The maximum Gasteiger partial charge on any atom is 0.264 e. The number of ketones is 1. The predicted octanol–water partition coefficient (Wildman–Crippen LogP) is 7.09. The van der Waals surface area contributed by atoms with Gasteiger partial charge in [-0.25, -0.2) is 0 Å². The number of hydrogen-bond donors (Lipinski definition) is 0. The van der Waals surface area contributed by atoms with Crippen LogP contribution in [0.2, 0.25) is 37.3 Å². The highest BCUT2D eigenvalue weighted by atomic mass is 32.2. The van der Waals surface area contributed by atoms with E-state index in [1.54, 1.807) is 0 Å². The average Bonchev–Trinajstić information content (AvgIpc) is 3.00. The van der Waals surface area contributed by atoms with E-state index >= 15 is 0 Å². The summed E-state index contributed by atoms with van der Waals surface area (Å²) in [7, 11) is -7.60. The summed E-state index contributed by atoms with van der Waals surface area (Å²) in [6, 6.07) is 1.13. The maximum atomic E-state index is 13.1. The predicted molar refractivity (Wildman–Crippen MR) is 155 cm³/mol. The molecule has 0 amide bonds. The number of carbonyl (C=O) groups excluding carboxylic acids is 1. The molecule has 0 aromatic carbocycles. The van der Waals surface area contributed by atoms with Crippen LogP contribution in [0.3, 0.4) is 0 Å². The third kappa shape index (κ3) is 11.6. The standard InChI is InChI=1S/C27H54O6SSi2/c1-11-13-15-16-22(32-35(7,8)19-14-12-2)17-18-23-24(21-31-34(6,29)30)25(28)20-26(23)33-36(9,10)27(3,4)5/h17-18,22-24,26H,11-16,19-21H2,1-10H3/t22-,23+,24+,26+/m0/s1. The number of hydrogen-bond acceptors (Lipinski definition) is 6. The molecule has 0 bridgehead atoms. The molecule has 0 N–H and O–H groups in total. The second-order valence-electron chi connectivity index (χ2n) is 12.7. The smallest absolute Gasteiger partial charge is 0.264 e. The van der Waals surface area contributed by atoms with Gasteiger partial charge in [-0.15, -0.1) is 0 Å². The summed E-state index contributed by atoms with van der Waals surface area (Å²) in [6.07, 6.45) is 12.0. The fraction of sp³-hybridized carbons (Fsp3) is 0.889. The van der Waals surface area contributed by atoms with Crippen LogP contribution in [-0.2, 0) is 27.9 Å². The Balaban J connectivity index is 3.24. The topological polar surface area (TPSA) is 78.9 Å². The first kappa shape index (κ1) is 33.7. The molecule has 0 saturated heterocycles. The van der Waals surface area contributed by atoms with Crippen molar-refractivity contribution in [3.05, 3.63) is 12.2 Å². The molecule has 1 aliphatic rings. The summed E-state index contributed by atoms with van der Waals surface area (Å²) in [5, 5.41) is 0.00631. The molecule has 1 fully saturated rings. The molecule has 4 atom stereocenters. The summed E-state index contributed by atoms with van der Waals surface area (Å²) >= 11 is 0. The minimum absolute atomic E-state index is 0.00391. The van der Waals surface area contributed by atoms with E-state index in [2.05, 4.69) is 73.0 Å². The molecule has 9 heteroatoms. The molecule has 1 rings (SSSR count). The highest BCUT2D eigenvalue weighted by Gasteiger charge is 2.47. The largest absolute Gasteiger partial charge is 0.413 e. The highest BCUT2D eigenvalue weighted by molar-refractivity contribution is 7.85. The molecule has 0 aliphatic heterocycles. The first-order valence-corrected chi connectivity index (χ1v) is 21.7. The van der Waals surface area contributed by atoms with E-state index in [9.17, 15) is 13.2 Å². The fourth-order valence-electron chi connectivity index (χ4n) is 4.41. The van der Waals surface area contributed by atoms with Crippen LogP contribution in [0.15, 0.2) is 12.2 Å². The van der Waals surface area contributed by atoms with Crippen molar-refractivity contribution in [2.45, 2.75) is 129 Å². The van der Waals surface area contributed by atoms with E-state index in [4.69, 9.17) is 13.0 Å². The Morgan fingerprint density at radius 3 is 2.19 bits per heavy atom. The zero-order chi connectivity index (χ0) is 27.8. The van der Waals surface area contributed by atoms with Gasteiger partial charge in [-0.2, -0.15) is 8.42 Å². The fourth-order valence-corrected chi connectivity index (χ4v) is 8.49. The van der Waals surface area contributed by atoms with Crippen molar-refractivity contribution >= 4 is 32.5 Å². The summed E-state index contributed by atoms with van der Waals surface area (Å²) in [6.45, 7) is 19.8. The van der Waals surface area contributed by atoms with Gasteiger partial charge in [0.15, 0.2) is 16.6 Å². The Labute approximate surface area is 224 Å². The van der Waals surface area contributed by atoms with Gasteiger partial charge in [0.25, 0.3) is 10.1 Å². The first-order valence-electron chi connectivity index (χ1n) is 13.8. The second kappa shape index (κ2) is 14.2. The van der Waals surface area contributed by atoms with Gasteiger partial charge in [0.1, 0.15) is 5.78 Å². The highest BCUT2D eigenvalue weighted by Crippen LogP contribution is 2.42. The Morgan fingerprint density at radius 1 is 1.06 bits per heavy atom. The second-order valence-corrected chi connectivity index (χ2v) is 23.3. The molecule has 0 aromatic rings. The summed E-state index contributed by atoms with van der Waals surface area (Å²) in [5.74, 6) is -0.753. The molecular formula is C27H54O6SSi2. The molecule has 0 spiro atoms. The van der Waals surface area contributed by atoms with Crippen LogP contribution in [0.4, 0.5) is 0 Å². The van der Waals surface area contributed by atoms with Gasteiger partial charge in [0.2, 0.25) is 0 Å². The Kier molecular flexibility index (Phi) is 13.3. The number of carbonyl (C=O) groups is 1. The van der Waals surface area contributed by atoms with Crippen LogP contribution < -0.4 is 0 Å². The van der Waals surface area contributed by atoms with Crippen molar-refractivity contribution in [3.8, 4) is 0 Å². The normalized spacial score (nSPS) is 23.1. The van der Waals surface area contributed by atoms with E-state index < -0.39 is 32.7 Å². The summed E-state index contributed by atoms with van der Waals surface area (Å²) in [5.41, 5.74) is 0. The van der Waals surface area contributed by atoms with Crippen LogP contribution in [0.25, 0.3) is 0 Å². The average molecular weight is 563 g/mol. The third-order valence-electron chi connectivity index (χ3n) is 7.67. The van der Waals surface area contributed by atoms with Gasteiger partial charge < -0.3 is 8.85 Å². The summed E-state index contributed by atoms with van der Waals surface area (Å²) in [4.78, 5) is 13.1. The van der Waals surface area contributed by atoms with Crippen LogP contribution in [0.1, 0.15) is 79.6 Å². The quantitative estimate of drug-likeness (QED) is 0.0865.